The molecule has 0 unspecified atom stereocenters. The first-order valence-corrected chi connectivity index (χ1v) is 14.6. The van der Waals surface area contributed by atoms with Crippen LogP contribution in [0.3, 0.4) is 0 Å². The van der Waals surface area contributed by atoms with Crippen molar-refractivity contribution in [2.24, 2.45) is 9.98 Å². The Morgan fingerprint density at radius 2 is 0.705 bits per heavy atom. The van der Waals surface area contributed by atoms with Crippen molar-refractivity contribution < 1.29 is 10.2 Å². The van der Waals surface area contributed by atoms with Gasteiger partial charge in [-0.25, -0.2) is 0 Å². The Balaban J connectivity index is 1.24. The van der Waals surface area contributed by atoms with Crippen LogP contribution < -0.4 is 0 Å². The van der Waals surface area contributed by atoms with Crippen molar-refractivity contribution in [2.75, 3.05) is 13.1 Å². The van der Waals surface area contributed by atoms with Gasteiger partial charge in [-0.05, 0) is 57.6 Å². The van der Waals surface area contributed by atoms with Crippen molar-refractivity contribution in [1.82, 2.24) is 0 Å². The highest BCUT2D eigenvalue weighted by molar-refractivity contribution is 5.93. The fourth-order valence-electron chi connectivity index (χ4n) is 5.22. The molecule has 2 N–H and O–H groups in total. The molecule has 0 bridgehead atoms. The first kappa shape index (κ1) is 28.4. The second kappa shape index (κ2) is 13.5. The van der Waals surface area contributed by atoms with E-state index in [1.807, 2.05) is 121 Å². The Bertz CT molecular complexity index is 1760. The second-order valence-corrected chi connectivity index (χ2v) is 10.5. The Hall–Kier alpha value is -5.74. The number of aromatic hydroxyl groups is 2. The quantitative estimate of drug-likeness (QED) is 0.134. The molecule has 0 fully saturated rings. The van der Waals surface area contributed by atoms with E-state index < -0.39 is 0 Å². The number of phenolic OH excluding ortho intramolecular Hbond substituents is 2. The third-order valence-electron chi connectivity index (χ3n) is 7.48. The van der Waals surface area contributed by atoms with Crippen LogP contribution in [0.1, 0.15) is 11.1 Å². The molecule has 6 aromatic rings. The SMILES string of the molecule is Oc1c(C=NCCN=Cc2cc(-c3ccccc3)cc(-c3ccccc3)c2O)cc(-c2ccccc2)cc1-c1ccccc1. The summed E-state index contributed by atoms with van der Waals surface area (Å²) in [5.41, 5.74) is 8.83. The molecule has 0 radical (unpaired) electrons. The summed E-state index contributed by atoms with van der Waals surface area (Å²) in [5, 5.41) is 22.4. The molecule has 4 heteroatoms. The molecule has 0 aliphatic rings. The Morgan fingerprint density at radius 3 is 1.05 bits per heavy atom. The maximum Gasteiger partial charge on any atom is 0.132 e. The lowest BCUT2D eigenvalue weighted by molar-refractivity contribution is 0.476. The largest absolute Gasteiger partial charge is 0.507 e. The van der Waals surface area contributed by atoms with Crippen LogP contribution in [0.25, 0.3) is 44.5 Å². The summed E-state index contributed by atoms with van der Waals surface area (Å²) in [7, 11) is 0. The molecular formula is C40H32N2O2. The van der Waals surface area contributed by atoms with E-state index in [-0.39, 0.29) is 11.5 Å². The van der Waals surface area contributed by atoms with E-state index in [0.29, 0.717) is 24.2 Å². The maximum absolute atomic E-state index is 11.2. The van der Waals surface area contributed by atoms with Crippen LogP contribution in [0.5, 0.6) is 11.5 Å². The first-order valence-electron chi connectivity index (χ1n) is 14.6. The molecule has 0 atom stereocenters. The van der Waals surface area contributed by atoms with Gasteiger partial charge in [0.05, 0.1) is 13.1 Å². The van der Waals surface area contributed by atoms with Crippen LogP contribution in [0.2, 0.25) is 0 Å². The van der Waals surface area contributed by atoms with Crippen LogP contribution in [-0.2, 0) is 0 Å². The van der Waals surface area contributed by atoms with E-state index >= 15 is 0 Å². The summed E-state index contributed by atoms with van der Waals surface area (Å²) in [6.45, 7) is 0.855. The summed E-state index contributed by atoms with van der Waals surface area (Å²) in [6, 6.07) is 47.9. The highest BCUT2D eigenvalue weighted by Crippen LogP contribution is 2.37. The average molecular weight is 573 g/mol. The van der Waals surface area contributed by atoms with Gasteiger partial charge in [0.2, 0.25) is 0 Å². The first-order chi connectivity index (χ1) is 21.7. The fourth-order valence-corrected chi connectivity index (χ4v) is 5.22. The van der Waals surface area contributed by atoms with Crippen molar-refractivity contribution in [2.45, 2.75) is 0 Å². The standard InChI is InChI=1S/C40H32N2O2/c43-39-35(23-33(29-13-5-1-6-14-29)25-37(39)31-17-9-3-10-18-31)27-41-21-22-42-28-36-24-34(30-15-7-2-8-16-30)26-38(40(36)44)32-19-11-4-12-20-32/h1-20,23-28,43-44H,21-22H2. The fraction of sp³-hybridized carbons (Fsp3) is 0.0500. The summed E-state index contributed by atoms with van der Waals surface area (Å²) in [5.74, 6) is 0.387. The van der Waals surface area contributed by atoms with Gasteiger partial charge in [0, 0.05) is 34.7 Å². The van der Waals surface area contributed by atoms with Crippen molar-refractivity contribution in [1.29, 1.82) is 0 Å². The lowest BCUT2D eigenvalue weighted by atomic mass is 9.95. The van der Waals surface area contributed by atoms with E-state index in [0.717, 1.165) is 44.5 Å². The molecule has 0 heterocycles. The molecule has 4 nitrogen and oxygen atoms in total. The molecule has 0 amide bonds. The van der Waals surface area contributed by atoms with E-state index in [1.54, 1.807) is 12.4 Å². The molecule has 6 rings (SSSR count). The Kier molecular flexibility index (Phi) is 8.70. The van der Waals surface area contributed by atoms with Gasteiger partial charge in [0.25, 0.3) is 0 Å². The number of rotatable bonds is 9. The molecule has 44 heavy (non-hydrogen) atoms. The van der Waals surface area contributed by atoms with E-state index in [2.05, 4.69) is 34.3 Å². The molecule has 0 saturated carbocycles. The normalized spacial score (nSPS) is 11.4. The maximum atomic E-state index is 11.2. The van der Waals surface area contributed by atoms with Crippen LogP contribution in [-0.4, -0.2) is 35.7 Å². The summed E-state index contributed by atoms with van der Waals surface area (Å²) < 4.78 is 0. The summed E-state index contributed by atoms with van der Waals surface area (Å²) in [4.78, 5) is 9.19. The lowest BCUT2D eigenvalue weighted by Crippen LogP contribution is -1.94. The van der Waals surface area contributed by atoms with Crippen LogP contribution in [0.15, 0.2) is 156 Å². The van der Waals surface area contributed by atoms with Gasteiger partial charge >= 0.3 is 0 Å². The molecule has 0 spiro atoms. The third kappa shape index (κ3) is 6.50. The molecule has 0 aliphatic heterocycles. The van der Waals surface area contributed by atoms with Gasteiger partial charge in [0.15, 0.2) is 0 Å². The van der Waals surface area contributed by atoms with Crippen LogP contribution in [0.4, 0.5) is 0 Å². The van der Waals surface area contributed by atoms with E-state index in [9.17, 15) is 10.2 Å². The number of benzene rings is 6. The minimum absolute atomic E-state index is 0.194. The zero-order valence-electron chi connectivity index (χ0n) is 24.2. The summed E-state index contributed by atoms with van der Waals surface area (Å²) >= 11 is 0. The van der Waals surface area contributed by atoms with Gasteiger partial charge < -0.3 is 10.2 Å². The number of hydrogen-bond acceptors (Lipinski definition) is 4. The van der Waals surface area contributed by atoms with Crippen molar-refractivity contribution in [3.8, 4) is 56.0 Å². The smallest absolute Gasteiger partial charge is 0.132 e. The topological polar surface area (TPSA) is 65.2 Å². The highest BCUT2D eigenvalue weighted by atomic mass is 16.3. The second-order valence-electron chi connectivity index (χ2n) is 10.5. The zero-order valence-corrected chi connectivity index (χ0v) is 24.2. The predicted octanol–water partition coefficient (Wildman–Crippen LogP) is 9.30. The number of hydrogen-bond donors (Lipinski definition) is 2. The lowest BCUT2D eigenvalue weighted by Gasteiger charge is -2.12. The summed E-state index contributed by atoms with van der Waals surface area (Å²) in [6.07, 6.45) is 3.43. The molecule has 6 aromatic carbocycles. The Morgan fingerprint density at radius 1 is 0.386 bits per heavy atom. The predicted molar refractivity (Wildman–Crippen MR) is 183 cm³/mol. The van der Waals surface area contributed by atoms with Gasteiger partial charge in [-0.1, -0.05) is 121 Å². The van der Waals surface area contributed by atoms with Crippen molar-refractivity contribution in [3.63, 3.8) is 0 Å². The third-order valence-corrected chi connectivity index (χ3v) is 7.48. The molecule has 214 valence electrons. The van der Waals surface area contributed by atoms with Crippen LogP contribution in [0, 0.1) is 0 Å². The monoisotopic (exact) mass is 572 g/mol. The van der Waals surface area contributed by atoms with E-state index in [4.69, 9.17) is 0 Å². The zero-order chi connectivity index (χ0) is 30.1. The van der Waals surface area contributed by atoms with Gasteiger partial charge in [-0.3, -0.25) is 9.98 Å². The molecule has 0 saturated heterocycles. The number of aliphatic imine (C=N–C) groups is 2. The highest BCUT2D eigenvalue weighted by Gasteiger charge is 2.13. The van der Waals surface area contributed by atoms with E-state index in [1.165, 1.54) is 0 Å². The van der Waals surface area contributed by atoms with Crippen LogP contribution >= 0.6 is 0 Å². The van der Waals surface area contributed by atoms with Gasteiger partial charge in [-0.15, -0.1) is 0 Å². The average Bonchev–Trinajstić information content (AvgIpc) is 3.09. The molecular weight excluding hydrogens is 540 g/mol. The molecule has 0 aliphatic carbocycles. The number of nitrogens with zero attached hydrogens (tertiary/aromatic N) is 2. The minimum Gasteiger partial charge on any atom is -0.507 e. The van der Waals surface area contributed by atoms with Gasteiger partial charge in [-0.2, -0.15) is 0 Å². The minimum atomic E-state index is 0.194. The van der Waals surface area contributed by atoms with Crippen molar-refractivity contribution >= 4 is 12.4 Å². The van der Waals surface area contributed by atoms with Crippen molar-refractivity contribution in [3.05, 3.63) is 157 Å². The van der Waals surface area contributed by atoms with Gasteiger partial charge in [0.1, 0.15) is 11.5 Å². The Labute approximate surface area is 258 Å². The molecule has 0 aromatic heterocycles. The number of phenols is 2.